The number of primary amides is 1. The predicted octanol–water partition coefficient (Wildman–Crippen LogP) is 0.726. The summed E-state index contributed by atoms with van der Waals surface area (Å²) in [6.07, 6.45) is 0. The van der Waals surface area contributed by atoms with Gasteiger partial charge in [-0.15, -0.1) is 0 Å². The van der Waals surface area contributed by atoms with Crippen molar-refractivity contribution in [1.82, 2.24) is 10.2 Å². The van der Waals surface area contributed by atoms with E-state index in [2.05, 4.69) is 5.32 Å². The summed E-state index contributed by atoms with van der Waals surface area (Å²) in [6.45, 7) is 0.294. The second-order valence-corrected chi connectivity index (χ2v) is 6.43. The molecule has 1 aliphatic rings. The molecule has 3 N–H and O–H groups in total. The molecule has 1 unspecified atom stereocenters. The molecule has 7 nitrogen and oxygen atoms in total. The minimum Gasteiger partial charge on any atom is -0.366 e. The van der Waals surface area contributed by atoms with Gasteiger partial charge in [0.2, 0.25) is 17.6 Å². The van der Waals surface area contributed by atoms with E-state index in [1.54, 1.807) is 18.2 Å². The van der Waals surface area contributed by atoms with E-state index in [4.69, 9.17) is 5.73 Å². The summed E-state index contributed by atoms with van der Waals surface area (Å²) in [6, 6.07) is 14.3. The Bertz CT molecular complexity index is 938. The third kappa shape index (κ3) is 3.72. The van der Waals surface area contributed by atoms with Crippen LogP contribution in [0.15, 0.2) is 48.5 Å². The highest BCUT2D eigenvalue weighted by Gasteiger charge is 2.41. The van der Waals surface area contributed by atoms with Gasteiger partial charge in [0.1, 0.15) is 5.92 Å². The van der Waals surface area contributed by atoms with E-state index in [1.165, 1.54) is 11.9 Å². The summed E-state index contributed by atoms with van der Waals surface area (Å²) < 4.78 is 0. The highest BCUT2D eigenvalue weighted by Crippen LogP contribution is 2.24. The summed E-state index contributed by atoms with van der Waals surface area (Å²) in [7, 11) is 1.49. The lowest BCUT2D eigenvalue weighted by atomic mass is 9.97. The summed E-state index contributed by atoms with van der Waals surface area (Å²) in [5, 5.41) is 2.70. The lowest BCUT2D eigenvalue weighted by Gasteiger charge is -2.12. The molecule has 0 radical (unpaired) electrons. The number of nitrogens with one attached hydrogen (secondary N) is 1. The number of benzene rings is 2. The van der Waals surface area contributed by atoms with E-state index in [0.717, 1.165) is 11.1 Å². The Morgan fingerprint density at radius 3 is 2.56 bits per heavy atom. The van der Waals surface area contributed by atoms with Crippen molar-refractivity contribution < 1.29 is 19.2 Å². The summed E-state index contributed by atoms with van der Waals surface area (Å²) in [5.41, 5.74) is 8.14. The fraction of sp³-hybridized carbons (Fsp3) is 0.200. The van der Waals surface area contributed by atoms with Crippen LogP contribution in [-0.4, -0.2) is 42.0 Å². The Kier molecular flexibility index (Phi) is 5.03. The zero-order valence-corrected chi connectivity index (χ0v) is 14.8. The number of carbonyl (C=O) groups excluding carboxylic acids is 4. The molecule has 1 saturated heterocycles. The van der Waals surface area contributed by atoms with Crippen molar-refractivity contribution >= 4 is 23.5 Å². The van der Waals surface area contributed by atoms with E-state index < -0.39 is 29.4 Å². The standard InChI is InChI=1S/C20H19N3O4/c1-23-11-16(17(24)20(23)27)19(26)22-10-12-5-4-6-13(9-12)14-7-2-3-8-15(14)18(21)25/h2-9,16H,10-11H2,1H3,(H2,21,25)(H,22,26). The zero-order valence-electron chi connectivity index (χ0n) is 14.8. The molecule has 2 aromatic carbocycles. The van der Waals surface area contributed by atoms with Gasteiger partial charge in [-0.05, 0) is 28.8 Å². The Balaban J connectivity index is 1.74. The normalized spacial score (nSPS) is 16.5. The number of hydrogen-bond donors (Lipinski definition) is 2. The maximum atomic E-state index is 12.2. The van der Waals surface area contributed by atoms with E-state index in [0.29, 0.717) is 11.1 Å². The van der Waals surface area contributed by atoms with E-state index in [-0.39, 0.29) is 13.1 Å². The third-order valence-electron chi connectivity index (χ3n) is 4.54. The van der Waals surface area contributed by atoms with Crippen LogP contribution < -0.4 is 11.1 Å². The monoisotopic (exact) mass is 365 g/mol. The van der Waals surface area contributed by atoms with E-state index in [9.17, 15) is 19.2 Å². The lowest BCUT2D eigenvalue weighted by molar-refractivity contribution is -0.142. The molecule has 1 atom stereocenters. The summed E-state index contributed by atoms with van der Waals surface area (Å²) in [4.78, 5) is 48.5. The van der Waals surface area contributed by atoms with Gasteiger partial charge in [0, 0.05) is 25.7 Å². The van der Waals surface area contributed by atoms with Crippen LogP contribution >= 0.6 is 0 Å². The van der Waals surface area contributed by atoms with Gasteiger partial charge in [0.25, 0.3) is 5.91 Å². The SMILES string of the molecule is CN1CC(C(=O)NCc2cccc(-c3ccccc3C(N)=O)c2)C(=O)C1=O. The van der Waals surface area contributed by atoms with Gasteiger partial charge in [-0.25, -0.2) is 0 Å². The number of likely N-dealkylation sites (tertiary alicyclic amines) is 1. The average molecular weight is 365 g/mol. The molecule has 3 rings (SSSR count). The first-order valence-electron chi connectivity index (χ1n) is 8.43. The molecule has 1 fully saturated rings. The largest absolute Gasteiger partial charge is 0.366 e. The predicted molar refractivity (Wildman–Crippen MR) is 98.4 cm³/mol. The summed E-state index contributed by atoms with van der Waals surface area (Å²) in [5.74, 6) is -3.28. The number of nitrogens with zero attached hydrogens (tertiary/aromatic N) is 1. The van der Waals surface area contributed by atoms with Crippen LogP contribution in [0.1, 0.15) is 15.9 Å². The fourth-order valence-electron chi connectivity index (χ4n) is 3.09. The maximum absolute atomic E-state index is 12.2. The number of carbonyl (C=O) groups is 4. The molecule has 0 spiro atoms. The second kappa shape index (κ2) is 7.41. The number of amides is 3. The van der Waals surface area contributed by atoms with E-state index in [1.807, 2.05) is 30.3 Å². The molecule has 2 aromatic rings. The minimum atomic E-state index is -0.971. The van der Waals surface area contributed by atoms with Crippen LogP contribution in [0.25, 0.3) is 11.1 Å². The first-order chi connectivity index (χ1) is 12.9. The van der Waals surface area contributed by atoms with Gasteiger partial charge in [-0.2, -0.15) is 0 Å². The molecule has 0 saturated carbocycles. The number of hydrogen-bond acceptors (Lipinski definition) is 4. The van der Waals surface area contributed by atoms with Gasteiger partial charge < -0.3 is 16.0 Å². The van der Waals surface area contributed by atoms with Crippen LogP contribution in [0.5, 0.6) is 0 Å². The van der Waals surface area contributed by atoms with Crippen molar-refractivity contribution in [3.63, 3.8) is 0 Å². The van der Waals surface area contributed by atoms with Crippen LogP contribution in [-0.2, 0) is 20.9 Å². The molecule has 0 aromatic heterocycles. The smallest absolute Gasteiger partial charge is 0.290 e. The quantitative estimate of drug-likeness (QED) is 0.601. The lowest BCUT2D eigenvalue weighted by Crippen LogP contribution is -2.35. The Labute approximate surface area is 156 Å². The molecule has 138 valence electrons. The molecular formula is C20H19N3O4. The molecule has 0 aliphatic carbocycles. The summed E-state index contributed by atoms with van der Waals surface area (Å²) >= 11 is 0. The van der Waals surface area contributed by atoms with Crippen LogP contribution in [0.4, 0.5) is 0 Å². The fourth-order valence-corrected chi connectivity index (χ4v) is 3.09. The van der Waals surface area contributed by atoms with Crippen molar-refractivity contribution in [3.8, 4) is 11.1 Å². The van der Waals surface area contributed by atoms with E-state index >= 15 is 0 Å². The number of Topliss-reactive ketones (excluding diaryl/α,β-unsaturated/α-hetero) is 1. The highest BCUT2D eigenvalue weighted by atomic mass is 16.2. The number of ketones is 1. The minimum absolute atomic E-state index is 0.0928. The van der Waals surface area contributed by atoms with Crippen molar-refractivity contribution in [2.75, 3.05) is 13.6 Å². The average Bonchev–Trinajstić information content (AvgIpc) is 2.93. The molecule has 3 amide bonds. The van der Waals surface area contributed by atoms with Crippen molar-refractivity contribution in [1.29, 1.82) is 0 Å². The van der Waals surface area contributed by atoms with Gasteiger partial charge in [-0.3, -0.25) is 19.2 Å². The first kappa shape index (κ1) is 18.3. The van der Waals surface area contributed by atoms with Crippen molar-refractivity contribution in [2.45, 2.75) is 6.54 Å². The molecule has 7 heteroatoms. The Morgan fingerprint density at radius 2 is 1.89 bits per heavy atom. The molecular weight excluding hydrogens is 346 g/mol. The molecule has 27 heavy (non-hydrogen) atoms. The van der Waals surface area contributed by atoms with Gasteiger partial charge >= 0.3 is 0 Å². The first-order valence-corrected chi connectivity index (χ1v) is 8.43. The molecule has 1 heterocycles. The molecule has 0 bridgehead atoms. The number of likely N-dealkylation sites (N-methyl/N-ethyl adjacent to an activating group) is 1. The van der Waals surface area contributed by atoms with Gasteiger partial charge in [-0.1, -0.05) is 36.4 Å². The topological polar surface area (TPSA) is 110 Å². The van der Waals surface area contributed by atoms with Gasteiger partial charge in [0.15, 0.2) is 0 Å². The van der Waals surface area contributed by atoms with Crippen LogP contribution in [0.3, 0.4) is 0 Å². The number of nitrogens with two attached hydrogens (primary N) is 1. The maximum Gasteiger partial charge on any atom is 0.290 e. The van der Waals surface area contributed by atoms with Gasteiger partial charge in [0.05, 0.1) is 0 Å². The Hall–Kier alpha value is -3.48. The Morgan fingerprint density at radius 1 is 1.15 bits per heavy atom. The zero-order chi connectivity index (χ0) is 19.6. The molecule has 1 aliphatic heterocycles. The highest BCUT2D eigenvalue weighted by molar-refractivity contribution is 6.42. The third-order valence-corrected chi connectivity index (χ3v) is 4.54. The van der Waals surface area contributed by atoms with Crippen molar-refractivity contribution in [3.05, 3.63) is 59.7 Å². The second-order valence-electron chi connectivity index (χ2n) is 6.43. The van der Waals surface area contributed by atoms with Crippen LogP contribution in [0, 0.1) is 5.92 Å². The van der Waals surface area contributed by atoms with Crippen molar-refractivity contribution in [2.24, 2.45) is 11.7 Å². The number of rotatable bonds is 5. The van der Waals surface area contributed by atoms with Crippen LogP contribution in [0.2, 0.25) is 0 Å².